The van der Waals surface area contributed by atoms with Gasteiger partial charge in [0.1, 0.15) is 0 Å². The van der Waals surface area contributed by atoms with Crippen LogP contribution in [0, 0.1) is 0 Å². The second-order valence-electron chi connectivity index (χ2n) is 5.05. The van der Waals surface area contributed by atoms with Gasteiger partial charge in [-0.15, -0.1) is 11.8 Å². The van der Waals surface area contributed by atoms with Crippen molar-refractivity contribution >= 4 is 17.7 Å². The molecule has 0 saturated carbocycles. The van der Waals surface area contributed by atoms with Gasteiger partial charge < -0.3 is 10.6 Å². The first-order valence-corrected chi connectivity index (χ1v) is 7.22. The van der Waals surface area contributed by atoms with E-state index in [0.29, 0.717) is 11.0 Å². The third-order valence-corrected chi connectivity index (χ3v) is 4.47. The molecule has 0 unspecified atom stereocenters. The minimum absolute atomic E-state index is 0.0637. The van der Waals surface area contributed by atoms with Crippen LogP contribution < -0.4 is 10.6 Å². The molecule has 1 rings (SSSR count). The molecule has 4 heteroatoms. The molecule has 1 saturated heterocycles. The molecule has 1 amide bonds. The van der Waals surface area contributed by atoms with Crippen LogP contribution in [0.25, 0.3) is 0 Å². The predicted molar refractivity (Wildman–Crippen MR) is 70.9 cm³/mol. The van der Waals surface area contributed by atoms with Gasteiger partial charge in [0, 0.05) is 10.8 Å². The Hall–Kier alpha value is -0.220. The maximum atomic E-state index is 11.7. The molecule has 1 heterocycles. The largest absolute Gasteiger partial charge is 0.351 e. The summed E-state index contributed by atoms with van der Waals surface area (Å²) < 4.78 is 0. The Morgan fingerprint density at radius 1 is 1.44 bits per heavy atom. The van der Waals surface area contributed by atoms with Crippen molar-refractivity contribution in [2.24, 2.45) is 0 Å². The smallest absolute Gasteiger partial charge is 0.230 e. The van der Waals surface area contributed by atoms with Crippen LogP contribution in [0.5, 0.6) is 0 Å². The summed E-state index contributed by atoms with van der Waals surface area (Å²) in [7, 11) is 0. The maximum Gasteiger partial charge on any atom is 0.230 e. The molecule has 1 aliphatic heterocycles. The van der Waals surface area contributed by atoms with Crippen molar-refractivity contribution < 1.29 is 4.79 Å². The van der Waals surface area contributed by atoms with Crippen LogP contribution in [0.1, 0.15) is 40.0 Å². The summed E-state index contributed by atoms with van der Waals surface area (Å²) in [6.07, 6.45) is 3.35. The molecule has 1 fully saturated rings. The summed E-state index contributed by atoms with van der Waals surface area (Å²) in [5.74, 6) is 0.782. The van der Waals surface area contributed by atoms with E-state index in [0.717, 1.165) is 19.5 Å². The number of nitrogens with one attached hydrogen (secondary N) is 2. The first kappa shape index (κ1) is 13.8. The lowest BCUT2D eigenvalue weighted by Crippen LogP contribution is -2.44. The standard InChI is InChI=1S/C12H24N2OS/c1-4-12(2,3)14-11(15)9-16-10-5-7-13-8-6-10/h10,13H,4-9H2,1-3H3,(H,14,15). The van der Waals surface area contributed by atoms with Gasteiger partial charge in [0.05, 0.1) is 5.75 Å². The number of rotatable bonds is 5. The van der Waals surface area contributed by atoms with Crippen LogP contribution in [0.3, 0.4) is 0 Å². The van der Waals surface area contributed by atoms with E-state index in [1.165, 1.54) is 12.8 Å². The summed E-state index contributed by atoms with van der Waals surface area (Å²) in [6, 6.07) is 0. The maximum absolute atomic E-state index is 11.7. The topological polar surface area (TPSA) is 41.1 Å². The number of amides is 1. The molecule has 0 aromatic heterocycles. The van der Waals surface area contributed by atoms with Gasteiger partial charge in [-0.1, -0.05) is 6.92 Å². The zero-order chi connectivity index (χ0) is 12.0. The molecular formula is C12H24N2OS. The summed E-state index contributed by atoms with van der Waals surface area (Å²) in [4.78, 5) is 11.7. The zero-order valence-corrected chi connectivity index (χ0v) is 11.5. The summed E-state index contributed by atoms with van der Waals surface area (Å²) in [6.45, 7) is 8.43. The number of thioether (sulfide) groups is 1. The van der Waals surface area contributed by atoms with Gasteiger partial charge in [-0.3, -0.25) is 4.79 Å². The molecule has 0 bridgehead atoms. The lowest BCUT2D eigenvalue weighted by atomic mass is 10.0. The molecular weight excluding hydrogens is 220 g/mol. The fraction of sp³-hybridized carbons (Fsp3) is 0.917. The third kappa shape index (κ3) is 5.21. The highest BCUT2D eigenvalue weighted by molar-refractivity contribution is 8.00. The number of carbonyl (C=O) groups excluding carboxylic acids is 1. The summed E-state index contributed by atoms with van der Waals surface area (Å²) >= 11 is 1.80. The highest BCUT2D eigenvalue weighted by Gasteiger charge is 2.19. The van der Waals surface area contributed by atoms with Gasteiger partial charge >= 0.3 is 0 Å². The van der Waals surface area contributed by atoms with Crippen LogP contribution in [0.2, 0.25) is 0 Å². The Balaban J connectivity index is 2.19. The van der Waals surface area contributed by atoms with Crippen molar-refractivity contribution in [1.82, 2.24) is 10.6 Å². The SMILES string of the molecule is CCC(C)(C)NC(=O)CSC1CCNCC1. The van der Waals surface area contributed by atoms with E-state index in [4.69, 9.17) is 0 Å². The van der Waals surface area contributed by atoms with Crippen molar-refractivity contribution in [3.63, 3.8) is 0 Å². The van der Waals surface area contributed by atoms with E-state index in [1.54, 1.807) is 11.8 Å². The molecule has 0 aromatic carbocycles. The first-order valence-electron chi connectivity index (χ1n) is 6.17. The molecule has 16 heavy (non-hydrogen) atoms. The van der Waals surface area contributed by atoms with Crippen molar-refractivity contribution in [1.29, 1.82) is 0 Å². The minimum Gasteiger partial charge on any atom is -0.351 e. The highest BCUT2D eigenvalue weighted by atomic mass is 32.2. The molecule has 1 aliphatic rings. The Morgan fingerprint density at radius 3 is 2.62 bits per heavy atom. The first-order chi connectivity index (χ1) is 7.53. The monoisotopic (exact) mass is 244 g/mol. The van der Waals surface area contributed by atoms with E-state index >= 15 is 0 Å². The van der Waals surface area contributed by atoms with Gasteiger partial charge in [0.15, 0.2) is 0 Å². The Kier molecular flexibility index (Phi) is 5.62. The average molecular weight is 244 g/mol. The van der Waals surface area contributed by atoms with Crippen molar-refractivity contribution in [2.45, 2.75) is 50.8 Å². The van der Waals surface area contributed by atoms with Gasteiger partial charge in [-0.25, -0.2) is 0 Å². The zero-order valence-electron chi connectivity index (χ0n) is 10.6. The molecule has 0 aromatic rings. The van der Waals surface area contributed by atoms with Crippen molar-refractivity contribution in [2.75, 3.05) is 18.8 Å². The van der Waals surface area contributed by atoms with Gasteiger partial charge in [0.25, 0.3) is 0 Å². The highest BCUT2D eigenvalue weighted by Crippen LogP contribution is 2.20. The molecule has 0 atom stereocenters. The van der Waals surface area contributed by atoms with E-state index in [9.17, 15) is 4.79 Å². The van der Waals surface area contributed by atoms with E-state index in [-0.39, 0.29) is 11.4 Å². The van der Waals surface area contributed by atoms with E-state index in [1.807, 2.05) is 0 Å². The predicted octanol–water partition coefficient (Wildman–Crippen LogP) is 1.78. The number of hydrogen-bond acceptors (Lipinski definition) is 3. The third-order valence-electron chi connectivity index (χ3n) is 3.10. The van der Waals surface area contributed by atoms with Crippen LogP contribution in [0.4, 0.5) is 0 Å². The molecule has 94 valence electrons. The minimum atomic E-state index is -0.0637. The van der Waals surface area contributed by atoms with E-state index in [2.05, 4.69) is 31.4 Å². The summed E-state index contributed by atoms with van der Waals surface area (Å²) in [5.41, 5.74) is -0.0637. The van der Waals surface area contributed by atoms with Gasteiger partial charge in [-0.2, -0.15) is 0 Å². The lowest BCUT2D eigenvalue weighted by molar-refractivity contribution is -0.120. The molecule has 2 N–H and O–H groups in total. The molecule has 3 nitrogen and oxygen atoms in total. The Morgan fingerprint density at radius 2 is 2.06 bits per heavy atom. The lowest BCUT2D eigenvalue weighted by Gasteiger charge is -2.26. The Labute approximate surface area is 103 Å². The fourth-order valence-electron chi connectivity index (χ4n) is 1.66. The second-order valence-corrected chi connectivity index (χ2v) is 6.33. The Bertz CT molecular complexity index is 225. The molecule has 0 radical (unpaired) electrons. The van der Waals surface area contributed by atoms with Crippen molar-refractivity contribution in [3.8, 4) is 0 Å². The molecule has 0 aliphatic carbocycles. The average Bonchev–Trinajstić information content (AvgIpc) is 2.27. The normalized spacial score (nSPS) is 18.4. The molecule has 0 spiro atoms. The second kappa shape index (κ2) is 6.50. The van der Waals surface area contributed by atoms with Gasteiger partial charge in [0.2, 0.25) is 5.91 Å². The van der Waals surface area contributed by atoms with Crippen LogP contribution in [-0.2, 0) is 4.79 Å². The number of piperidine rings is 1. The quantitative estimate of drug-likeness (QED) is 0.774. The summed E-state index contributed by atoms with van der Waals surface area (Å²) in [5, 5.41) is 7.07. The van der Waals surface area contributed by atoms with E-state index < -0.39 is 0 Å². The van der Waals surface area contributed by atoms with Crippen LogP contribution >= 0.6 is 11.8 Å². The van der Waals surface area contributed by atoms with Gasteiger partial charge in [-0.05, 0) is 46.2 Å². The van der Waals surface area contributed by atoms with Crippen molar-refractivity contribution in [3.05, 3.63) is 0 Å². The van der Waals surface area contributed by atoms with Crippen LogP contribution in [0.15, 0.2) is 0 Å². The van der Waals surface area contributed by atoms with Crippen LogP contribution in [-0.4, -0.2) is 35.5 Å². The number of carbonyl (C=O) groups is 1. The fourth-order valence-corrected chi connectivity index (χ4v) is 2.69. The number of hydrogen-bond donors (Lipinski definition) is 2.